The monoisotopic (exact) mass is 694 g/mol. The van der Waals surface area contributed by atoms with Crippen LogP contribution in [-0.2, 0) is 40.5 Å². The van der Waals surface area contributed by atoms with Crippen LogP contribution in [0.25, 0.3) is 11.1 Å². The third-order valence-corrected chi connectivity index (χ3v) is 7.27. The quantitative estimate of drug-likeness (QED) is 0.210. The van der Waals surface area contributed by atoms with Gasteiger partial charge in [0.25, 0.3) is 0 Å². The maximum atomic E-state index is 11.7. The van der Waals surface area contributed by atoms with Crippen molar-refractivity contribution >= 4 is 63.7 Å². The van der Waals surface area contributed by atoms with Crippen molar-refractivity contribution in [1.29, 1.82) is 0 Å². The van der Waals surface area contributed by atoms with Gasteiger partial charge in [-0.05, 0) is 24.3 Å². The molecule has 2 aromatic carbocycles. The first kappa shape index (κ1) is 43.7. The van der Waals surface area contributed by atoms with E-state index in [9.17, 15) is 51.9 Å². The van der Waals surface area contributed by atoms with Crippen LogP contribution in [0.15, 0.2) is 43.8 Å². The van der Waals surface area contributed by atoms with E-state index in [-0.39, 0.29) is 230 Å². The van der Waals surface area contributed by atoms with Gasteiger partial charge in [-0.25, -0.2) is 33.7 Å². The summed E-state index contributed by atoms with van der Waals surface area (Å²) in [5, 5.41) is -1.62. The summed E-state index contributed by atoms with van der Waals surface area (Å²) in [5.41, 5.74) is -3.27. The summed E-state index contributed by atoms with van der Waals surface area (Å²) < 4.78 is 140. The van der Waals surface area contributed by atoms with Crippen LogP contribution in [0.3, 0.4) is 0 Å². The van der Waals surface area contributed by atoms with Gasteiger partial charge >= 0.3 is 206 Å². The van der Waals surface area contributed by atoms with E-state index in [1.165, 1.54) is 0 Å². The molecular formula is C12H4Cl2K4O12S4. The average molecular weight is 696 g/mol. The van der Waals surface area contributed by atoms with Gasteiger partial charge in [-0.15, -0.1) is 0 Å². The number of hydrogen-bond acceptors (Lipinski definition) is 12. The molecule has 0 saturated heterocycles. The Bertz CT molecular complexity index is 1290. The Labute approximate surface area is 375 Å². The van der Waals surface area contributed by atoms with Crippen LogP contribution in [0, 0.1) is 0 Å². The van der Waals surface area contributed by atoms with Gasteiger partial charge in [0, 0.05) is 21.2 Å². The van der Waals surface area contributed by atoms with Gasteiger partial charge in [-0.1, -0.05) is 23.2 Å². The first-order valence-corrected chi connectivity index (χ1v) is 13.1. The topological polar surface area (TPSA) is 229 Å². The number of hydrogen-bond donors (Lipinski definition) is 0. The van der Waals surface area contributed by atoms with E-state index in [2.05, 4.69) is 0 Å². The van der Waals surface area contributed by atoms with E-state index >= 15 is 0 Å². The maximum Gasteiger partial charge on any atom is 1.00 e. The van der Waals surface area contributed by atoms with E-state index in [0.717, 1.165) is 0 Å². The third kappa shape index (κ3) is 11.5. The fourth-order valence-electron chi connectivity index (χ4n) is 2.40. The second-order valence-corrected chi connectivity index (χ2v) is 11.6. The summed E-state index contributed by atoms with van der Waals surface area (Å²) in [6.07, 6.45) is 0. The van der Waals surface area contributed by atoms with E-state index < -0.39 is 81.2 Å². The minimum absolute atomic E-state index is 0. The van der Waals surface area contributed by atoms with E-state index in [1.807, 2.05) is 0 Å². The van der Waals surface area contributed by atoms with Crippen molar-refractivity contribution in [2.45, 2.75) is 19.6 Å². The largest absolute Gasteiger partial charge is 1.00 e. The second-order valence-electron chi connectivity index (χ2n) is 5.37. The van der Waals surface area contributed by atoms with E-state index in [0.29, 0.717) is 0 Å². The zero-order valence-corrected chi connectivity index (χ0v) is 34.9. The molecular weight excluding hydrogens is 692 g/mol. The standard InChI is InChI=1S/C12H8Cl2O12S4.4K/c13-5-1-7(27(15,16)17)11(8(2-5)28(18,19)20)12-9(29(21,22)23)3-6(14)4-10(12)30(24,25)26;;;;/h1-4H,(H,15,16,17)(H,18,19,20)(H,21,22,23)(H,24,25,26);;;;/q;4*+1/p-4. The molecule has 0 fully saturated rings. The fraction of sp³-hybridized carbons (Fsp3) is 0. The van der Waals surface area contributed by atoms with E-state index in [1.54, 1.807) is 0 Å². The predicted molar refractivity (Wildman–Crippen MR) is 93.8 cm³/mol. The molecule has 166 valence electrons. The Balaban J connectivity index is -0.00000240. The molecule has 12 nitrogen and oxygen atoms in total. The molecule has 0 aliphatic heterocycles. The van der Waals surface area contributed by atoms with Gasteiger partial charge in [0.2, 0.25) is 0 Å². The molecule has 0 amide bonds. The Morgan fingerprint density at radius 2 is 0.588 bits per heavy atom. The molecule has 0 heterocycles. The molecule has 2 rings (SSSR count). The minimum Gasteiger partial charge on any atom is -0.744 e. The molecule has 0 aromatic heterocycles. The molecule has 0 atom stereocenters. The summed E-state index contributed by atoms with van der Waals surface area (Å²) in [4.78, 5) is -6.72. The van der Waals surface area contributed by atoms with Crippen molar-refractivity contribution in [1.82, 2.24) is 0 Å². The first-order valence-electron chi connectivity index (χ1n) is 6.75. The smallest absolute Gasteiger partial charge is 0.744 e. The van der Waals surface area contributed by atoms with Crippen molar-refractivity contribution in [2.75, 3.05) is 0 Å². The second kappa shape index (κ2) is 16.2. The molecule has 22 heteroatoms. The molecule has 0 bridgehead atoms. The van der Waals surface area contributed by atoms with Crippen LogP contribution in [-0.4, -0.2) is 51.9 Å². The number of halogens is 2. The Morgan fingerprint density at radius 1 is 0.441 bits per heavy atom. The predicted octanol–water partition coefficient (Wildman–Crippen LogP) is -11.7. The van der Waals surface area contributed by atoms with Crippen LogP contribution in [0.1, 0.15) is 0 Å². The summed E-state index contributed by atoms with van der Waals surface area (Å²) in [5.74, 6) is 0. The summed E-state index contributed by atoms with van der Waals surface area (Å²) in [7, 11) is -23.1. The normalized spacial score (nSPS) is 11.8. The molecule has 0 N–H and O–H groups in total. The number of rotatable bonds is 5. The van der Waals surface area contributed by atoms with Gasteiger partial charge in [0.15, 0.2) is 0 Å². The van der Waals surface area contributed by atoms with Crippen LogP contribution < -0.4 is 206 Å². The SMILES string of the molecule is O=S(=O)([O-])c1cc(Cl)cc(S(=O)(=O)[O-])c1-c1c(S(=O)(=O)[O-])cc(Cl)cc1S(=O)(=O)[O-].[K+].[K+].[K+].[K+]. The van der Waals surface area contributed by atoms with Crippen molar-refractivity contribution in [3.63, 3.8) is 0 Å². The first-order chi connectivity index (χ1) is 13.2. The van der Waals surface area contributed by atoms with Crippen LogP contribution in [0.2, 0.25) is 10.0 Å². The molecule has 0 aliphatic rings. The van der Waals surface area contributed by atoms with Gasteiger partial charge in [-0.2, -0.15) is 0 Å². The van der Waals surface area contributed by atoms with E-state index in [4.69, 9.17) is 23.2 Å². The summed E-state index contributed by atoms with van der Waals surface area (Å²) >= 11 is 11.0. The Kier molecular flexibility index (Phi) is 20.8. The molecule has 0 radical (unpaired) electrons. The van der Waals surface area contributed by atoms with Crippen molar-refractivity contribution in [3.8, 4) is 11.1 Å². The zero-order chi connectivity index (χ0) is 23.4. The molecule has 0 spiro atoms. The number of benzene rings is 2. The van der Waals surface area contributed by atoms with Crippen LogP contribution >= 0.6 is 23.2 Å². The summed E-state index contributed by atoms with van der Waals surface area (Å²) in [6, 6.07) is 1.08. The molecule has 0 saturated carbocycles. The maximum absolute atomic E-state index is 11.7. The van der Waals surface area contributed by atoms with Gasteiger partial charge in [0.05, 0.1) is 19.6 Å². The van der Waals surface area contributed by atoms with Gasteiger partial charge in [0.1, 0.15) is 40.5 Å². The van der Waals surface area contributed by atoms with Gasteiger partial charge < -0.3 is 18.2 Å². The zero-order valence-electron chi connectivity index (χ0n) is 17.6. The summed E-state index contributed by atoms with van der Waals surface area (Å²) in [6.45, 7) is 0. The van der Waals surface area contributed by atoms with Crippen molar-refractivity contribution < 1.29 is 257 Å². The molecule has 0 aliphatic carbocycles. The Morgan fingerprint density at radius 3 is 0.706 bits per heavy atom. The van der Waals surface area contributed by atoms with Crippen LogP contribution in [0.4, 0.5) is 0 Å². The minimum atomic E-state index is -5.79. The van der Waals surface area contributed by atoms with Crippen molar-refractivity contribution in [2.24, 2.45) is 0 Å². The molecule has 34 heavy (non-hydrogen) atoms. The average Bonchev–Trinajstić information content (AvgIpc) is 2.50. The van der Waals surface area contributed by atoms with Crippen LogP contribution in [0.5, 0.6) is 0 Å². The fourth-order valence-corrected chi connectivity index (χ4v) is 6.15. The molecule has 0 unspecified atom stereocenters. The van der Waals surface area contributed by atoms with Crippen molar-refractivity contribution in [3.05, 3.63) is 34.3 Å². The molecule has 2 aromatic rings. The van der Waals surface area contributed by atoms with Gasteiger partial charge in [-0.3, -0.25) is 0 Å². The third-order valence-electron chi connectivity index (χ3n) is 3.39. The Hall–Kier alpha value is 5.21.